The van der Waals surface area contributed by atoms with E-state index in [0.29, 0.717) is 38.4 Å². The molecule has 1 fully saturated rings. The fraction of sp³-hybridized carbons (Fsp3) is 0.429. The largest absolute Gasteiger partial charge is 0.450 e. The van der Waals surface area contributed by atoms with Crippen LogP contribution in [0.3, 0.4) is 0 Å². The molecule has 2 aromatic rings. The fourth-order valence-corrected chi connectivity index (χ4v) is 3.25. The number of hydrogen-bond acceptors (Lipinski definition) is 6. The maximum atomic E-state index is 12.4. The summed E-state index contributed by atoms with van der Waals surface area (Å²) in [7, 11) is 0. The zero-order chi connectivity index (χ0) is 20.6. The van der Waals surface area contributed by atoms with E-state index in [0.717, 1.165) is 5.56 Å². The molecule has 0 bridgehead atoms. The summed E-state index contributed by atoms with van der Waals surface area (Å²) >= 11 is 0. The van der Waals surface area contributed by atoms with Crippen LogP contribution in [0.2, 0.25) is 0 Å². The Kier molecular flexibility index (Phi) is 6.99. The molecule has 1 aliphatic heterocycles. The third kappa shape index (κ3) is 5.66. The molecule has 0 aliphatic carbocycles. The highest BCUT2D eigenvalue weighted by atomic mass is 16.6. The van der Waals surface area contributed by atoms with Gasteiger partial charge in [0.25, 0.3) is 5.91 Å². The van der Waals surface area contributed by atoms with E-state index in [1.807, 2.05) is 37.3 Å². The van der Waals surface area contributed by atoms with Gasteiger partial charge >= 0.3 is 6.09 Å². The zero-order valence-electron chi connectivity index (χ0n) is 16.8. The molecule has 2 heterocycles. The molecular formula is C21H27N5O3. The number of piperidine rings is 1. The highest BCUT2D eigenvalue weighted by Gasteiger charge is 2.25. The molecule has 0 spiro atoms. The Morgan fingerprint density at radius 3 is 2.52 bits per heavy atom. The molecule has 1 aliphatic rings. The van der Waals surface area contributed by atoms with Gasteiger partial charge in [-0.1, -0.05) is 30.3 Å². The summed E-state index contributed by atoms with van der Waals surface area (Å²) in [6, 6.07) is 10.1. The van der Waals surface area contributed by atoms with Crippen LogP contribution in [0.25, 0.3) is 0 Å². The molecule has 1 aromatic carbocycles. The molecule has 1 saturated heterocycles. The van der Waals surface area contributed by atoms with Crippen molar-refractivity contribution in [2.45, 2.75) is 38.8 Å². The molecule has 2 N–H and O–H groups in total. The summed E-state index contributed by atoms with van der Waals surface area (Å²) in [5, 5.41) is 6.25. The van der Waals surface area contributed by atoms with E-state index in [1.165, 1.54) is 6.20 Å². The standard InChI is InChI=1S/C21H27N5O3/c1-3-29-21(28)26-11-9-17(10-12-26)25-20(27)18-13-23-19(14-22-18)24-15(2)16-7-5-4-6-8-16/h4-8,13-15,17H,3,9-12H2,1-2H3,(H,23,24)(H,25,27). The normalized spacial score (nSPS) is 15.4. The van der Waals surface area contributed by atoms with E-state index in [1.54, 1.807) is 18.0 Å². The van der Waals surface area contributed by atoms with Crippen LogP contribution in [0.4, 0.5) is 10.6 Å². The van der Waals surface area contributed by atoms with Crippen molar-refractivity contribution in [3.05, 3.63) is 54.0 Å². The Bertz CT molecular complexity index is 805. The van der Waals surface area contributed by atoms with Gasteiger partial charge in [0.05, 0.1) is 19.0 Å². The van der Waals surface area contributed by atoms with Crippen LogP contribution in [0, 0.1) is 0 Å². The van der Waals surface area contributed by atoms with Crippen LogP contribution in [0.5, 0.6) is 0 Å². The summed E-state index contributed by atoms with van der Waals surface area (Å²) in [5.74, 6) is 0.357. The second kappa shape index (κ2) is 9.86. The lowest BCUT2D eigenvalue weighted by atomic mass is 10.1. The minimum atomic E-state index is -0.295. The number of aromatic nitrogens is 2. The number of carbonyl (C=O) groups excluding carboxylic acids is 2. The van der Waals surface area contributed by atoms with Gasteiger partial charge in [-0.05, 0) is 32.3 Å². The molecule has 154 valence electrons. The summed E-state index contributed by atoms with van der Waals surface area (Å²) in [4.78, 5) is 34.4. The minimum absolute atomic E-state index is 0.00545. The van der Waals surface area contributed by atoms with Crippen LogP contribution in [-0.2, 0) is 4.74 Å². The van der Waals surface area contributed by atoms with Crippen LogP contribution in [0.15, 0.2) is 42.7 Å². The average molecular weight is 397 g/mol. The van der Waals surface area contributed by atoms with Crippen molar-refractivity contribution in [1.82, 2.24) is 20.2 Å². The average Bonchev–Trinajstić information content (AvgIpc) is 2.75. The number of hydrogen-bond donors (Lipinski definition) is 2. The third-order valence-corrected chi connectivity index (χ3v) is 4.90. The van der Waals surface area contributed by atoms with Gasteiger partial charge in [0.2, 0.25) is 0 Å². The van der Waals surface area contributed by atoms with E-state index < -0.39 is 0 Å². The van der Waals surface area contributed by atoms with E-state index >= 15 is 0 Å². The first-order valence-electron chi connectivity index (χ1n) is 9.93. The van der Waals surface area contributed by atoms with Crippen LogP contribution in [-0.4, -0.2) is 52.6 Å². The summed E-state index contributed by atoms with van der Waals surface area (Å²) in [5.41, 5.74) is 1.42. The highest BCUT2D eigenvalue weighted by molar-refractivity contribution is 5.92. The lowest BCUT2D eigenvalue weighted by Crippen LogP contribution is -2.46. The molecule has 2 amide bonds. The van der Waals surface area contributed by atoms with E-state index in [-0.39, 0.29) is 29.8 Å². The van der Waals surface area contributed by atoms with Gasteiger partial charge in [0, 0.05) is 25.2 Å². The van der Waals surface area contributed by atoms with Gasteiger partial charge in [0.1, 0.15) is 11.5 Å². The smallest absolute Gasteiger partial charge is 0.409 e. The van der Waals surface area contributed by atoms with Crippen molar-refractivity contribution in [2.75, 3.05) is 25.0 Å². The van der Waals surface area contributed by atoms with Gasteiger partial charge in [-0.15, -0.1) is 0 Å². The molecule has 29 heavy (non-hydrogen) atoms. The first kappa shape index (κ1) is 20.6. The molecule has 8 nitrogen and oxygen atoms in total. The second-order valence-corrected chi connectivity index (χ2v) is 7.00. The predicted octanol–water partition coefficient (Wildman–Crippen LogP) is 3.00. The molecular weight excluding hydrogens is 370 g/mol. The minimum Gasteiger partial charge on any atom is -0.450 e. The molecule has 0 saturated carbocycles. The lowest BCUT2D eigenvalue weighted by molar-refractivity contribution is 0.0856. The van der Waals surface area contributed by atoms with Gasteiger partial charge in [-0.25, -0.2) is 14.8 Å². The topological polar surface area (TPSA) is 96.5 Å². The number of anilines is 1. The van der Waals surface area contributed by atoms with Gasteiger partial charge in [-0.3, -0.25) is 4.79 Å². The maximum Gasteiger partial charge on any atom is 0.409 e. The fourth-order valence-electron chi connectivity index (χ4n) is 3.25. The monoisotopic (exact) mass is 397 g/mol. The van der Waals surface area contributed by atoms with Gasteiger partial charge in [-0.2, -0.15) is 0 Å². The summed E-state index contributed by atoms with van der Waals surface area (Å²) in [6.45, 7) is 5.32. The second-order valence-electron chi connectivity index (χ2n) is 7.00. The zero-order valence-corrected chi connectivity index (χ0v) is 16.8. The number of nitrogens with zero attached hydrogens (tertiary/aromatic N) is 3. The number of carbonyl (C=O) groups is 2. The predicted molar refractivity (Wildman–Crippen MR) is 110 cm³/mol. The summed E-state index contributed by atoms with van der Waals surface area (Å²) < 4.78 is 5.01. The van der Waals surface area contributed by atoms with E-state index in [4.69, 9.17) is 4.74 Å². The Balaban J connectivity index is 1.49. The van der Waals surface area contributed by atoms with E-state index in [2.05, 4.69) is 20.6 Å². The van der Waals surface area contributed by atoms with Crippen molar-refractivity contribution < 1.29 is 14.3 Å². The number of nitrogens with one attached hydrogen (secondary N) is 2. The van der Waals surface area contributed by atoms with Crippen molar-refractivity contribution in [3.8, 4) is 0 Å². The SMILES string of the molecule is CCOC(=O)N1CCC(NC(=O)c2cnc(NC(C)c3ccccc3)cn2)CC1. The first-order valence-corrected chi connectivity index (χ1v) is 9.93. The number of amides is 2. The highest BCUT2D eigenvalue weighted by Crippen LogP contribution is 2.17. The lowest BCUT2D eigenvalue weighted by Gasteiger charge is -2.31. The van der Waals surface area contributed by atoms with Gasteiger partial charge in [0.15, 0.2) is 0 Å². The number of rotatable bonds is 6. The van der Waals surface area contributed by atoms with E-state index in [9.17, 15) is 9.59 Å². The molecule has 8 heteroatoms. The molecule has 3 rings (SSSR count). The quantitative estimate of drug-likeness (QED) is 0.778. The van der Waals surface area contributed by atoms with Crippen LogP contribution < -0.4 is 10.6 Å². The Hall–Kier alpha value is -3.16. The van der Waals surface area contributed by atoms with Crippen molar-refractivity contribution >= 4 is 17.8 Å². The van der Waals surface area contributed by atoms with Crippen LogP contribution >= 0.6 is 0 Å². The Labute approximate surface area is 170 Å². The third-order valence-electron chi connectivity index (χ3n) is 4.90. The molecule has 1 unspecified atom stereocenters. The summed E-state index contributed by atoms with van der Waals surface area (Å²) in [6.07, 6.45) is 4.12. The maximum absolute atomic E-state index is 12.4. The molecule has 1 atom stereocenters. The van der Waals surface area contributed by atoms with Crippen LogP contribution in [0.1, 0.15) is 48.8 Å². The van der Waals surface area contributed by atoms with Gasteiger partial charge < -0.3 is 20.3 Å². The van der Waals surface area contributed by atoms with Crippen molar-refractivity contribution in [3.63, 3.8) is 0 Å². The van der Waals surface area contributed by atoms with Crippen molar-refractivity contribution in [1.29, 1.82) is 0 Å². The Morgan fingerprint density at radius 1 is 1.17 bits per heavy atom. The Morgan fingerprint density at radius 2 is 1.90 bits per heavy atom. The molecule has 1 aromatic heterocycles. The first-order chi connectivity index (χ1) is 14.1. The number of ether oxygens (including phenoxy) is 1. The number of likely N-dealkylation sites (tertiary alicyclic amines) is 1. The molecule has 0 radical (unpaired) electrons. The van der Waals surface area contributed by atoms with Crippen molar-refractivity contribution in [2.24, 2.45) is 0 Å². The number of benzene rings is 1.